The van der Waals surface area contributed by atoms with E-state index in [0.29, 0.717) is 13.1 Å². The molecule has 1 aliphatic heterocycles. The minimum absolute atomic E-state index is 0.0239. The molecular formula is C15H21NO4S. The molecule has 1 heterocycles. The summed E-state index contributed by atoms with van der Waals surface area (Å²) in [6.45, 7) is 2.83. The Morgan fingerprint density at radius 3 is 2.48 bits per heavy atom. The Morgan fingerprint density at radius 1 is 1.29 bits per heavy atom. The van der Waals surface area contributed by atoms with E-state index in [1.54, 1.807) is 30.0 Å². The summed E-state index contributed by atoms with van der Waals surface area (Å²) in [4.78, 5) is 14.4. The molecule has 0 aromatic heterocycles. The predicted molar refractivity (Wildman–Crippen MR) is 79.9 cm³/mol. The number of sulfone groups is 1. The molecule has 0 bridgehead atoms. The molecule has 0 aliphatic carbocycles. The Bertz CT molecular complexity index is 604. The van der Waals surface area contributed by atoms with Gasteiger partial charge in [-0.2, -0.15) is 0 Å². The van der Waals surface area contributed by atoms with Gasteiger partial charge in [0.25, 0.3) is 5.91 Å². The van der Waals surface area contributed by atoms with E-state index in [1.165, 1.54) is 6.07 Å². The van der Waals surface area contributed by atoms with Crippen molar-refractivity contribution in [3.63, 3.8) is 0 Å². The molecular weight excluding hydrogens is 290 g/mol. The van der Waals surface area contributed by atoms with Crippen molar-refractivity contribution in [2.24, 2.45) is 5.92 Å². The van der Waals surface area contributed by atoms with Crippen molar-refractivity contribution in [2.45, 2.75) is 24.7 Å². The first kappa shape index (κ1) is 16.0. The molecule has 1 aliphatic rings. The van der Waals surface area contributed by atoms with E-state index in [9.17, 15) is 13.2 Å². The van der Waals surface area contributed by atoms with Crippen LogP contribution in [0.1, 0.15) is 30.1 Å². The van der Waals surface area contributed by atoms with Crippen molar-refractivity contribution in [1.82, 2.24) is 4.90 Å². The molecule has 1 aromatic carbocycles. The van der Waals surface area contributed by atoms with Gasteiger partial charge in [-0.25, -0.2) is 8.42 Å². The Balaban J connectivity index is 2.25. The van der Waals surface area contributed by atoms with Gasteiger partial charge in [0.1, 0.15) is 0 Å². The number of rotatable bonds is 4. The zero-order valence-corrected chi connectivity index (χ0v) is 13.0. The number of aliphatic hydroxyl groups is 1. The summed E-state index contributed by atoms with van der Waals surface area (Å²) in [5, 5.41) is 9.13. The first-order valence-electron chi connectivity index (χ1n) is 7.21. The van der Waals surface area contributed by atoms with Crippen LogP contribution in [0.2, 0.25) is 0 Å². The van der Waals surface area contributed by atoms with E-state index >= 15 is 0 Å². The molecule has 1 N–H and O–H groups in total. The summed E-state index contributed by atoms with van der Waals surface area (Å²) in [6, 6.07) is 6.38. The SMILES string of the molecule is CCS(=O)(=O)c1ccccc1C(=O)N1CCC(CO)CC1. The fourth-order valence-electron chi connectivity index (χ4n) is 2.56. The third kappa shape index (κ3) is 3.44. The molecule has 0 radical (unpaired) electrons. The van der Waals surface area contributed by atoms with Gasteiger partial charge in [0.15, 0.2) is 9.84 Å². The van der Waals surface area contributed by atoms with E-state index in [2.05, 4.69) is 0 Å². The lowest BCUT2D eigenvalue weighted by Gasteiger charge is -2.31. The van der Waals surface area contributed by atoms with Gasteiger partial charge in [0.05, 0.1) is 16.2 Å². The molecule has 1 saturated heterocycles. The Kier molecular flexibility index (Phi) is 5.00. The number of hydrogen-bond acceptors (Lipinski definition) is 4. The van der Waals surface area contributed by atoms with Crippen LogP contribution in [0.4, 0.5) is 0 Å². The highest BCUT2D eigenvalue weighted by Crippen LogP contribution is 2.22. The maximum absolute atomic E-state index is 12.6. The first-order valence-corrected chi connectivity index (χ1v) is 8.86. The summed E-state index contributed by atoms with van der Waals surface area (Å²) in [5.41, 5.74) is 0.252. The second-order valence-corrected chi connectivity index (χ2v) is 7.56. The zero-order chi connectivity index (χ0) is 15.5. The standard InChI is InChI=1S/C15H21NO4S/c1-2-21(19,20)14-6-4-3-5-13(14)15(18)16-9-7-12(11-17)8-10-16/h3-6,12,17H,2,7-11H2,1H3. The quantitative estimate of drug-likeness (QED) is 0.910. The van der Waals surface area contributed by atoms with Crippen LogP contribution in [0.3, 0.4) is 0 Å². The van der Waals surface area contributed by atoms with Gasteiger partial charge in [0, 0.05) is 19.7 Å². The number of benzene rings is 1. The van der Waals surface area contributed by atoms with Crippen LogP contribution < -0.4 is 0 Å². The summed E-state index contributed by atoms with van der Waals surface area (Å²) in [7, 11) is -3.42. The molecule has 0 saturated carbocycles. The summed E-state index contributed by atoms with van der Waals surface area (Å²) >= 11 is 0. The average Bonchev–Trinajstić information content (AvgIpc) is 2.54. The third-order valence-corrected chi connectivity index (χ3v) is 5.78. The molecule has 6 heteroatoms. The Morgan fingerprint density at radius 2 is 1.90 bits per heavy atom. The fourth-order valence-corrected chi connectivity index (χ4v) is 3.65. The van der Waals surface area contributed by atoms with E-state index in [-0.39, 0.29) is 34.6 Å². The van der Waals surface area contributed by atoms with Gasteiger partial charge in [-0.05, 0) is 30.9 Å². The van der Waals surface area contributed by atoms with Crippen LogP contribution in [0, 0.1) is 5.92 Å². The van der Waals surface area contributed by atoms with Gasteiger partial charge in [-0.3, -0.25) is 4.79 Å². The highest BCUT2D eigenvalue weighted by Gasteiger charge is 2.27. The van der Waals surface area contributed by atoms with Crippen molar-refractivity contribution >= 4 is 15.7 Å². The van der Waals surface area contributed by atoms with Crippen LogP contribution in [0.15, 0.2) is 29.2 Å². The van der Waals surface area contributed by atoms with E-state index in [1.807, 2.05) is 0 Å². The Hall–Kier alpha value is -1.40. The topological polar surface area (TPSA) is 74.7 Å². The van der Waals surface area contributed by atoms with Gasteiger partial charge >= 0.3 is 0 Å². The number of carbonyl (C=O) groups excluding carboxylic acids is 1. The van der Waals surface area contributed by atoms with Crippen molar-refractivity contribution in [1.29, 1.82) is 0 Å². The second-order valence-electron chi connectivity index (χ2n) is 5.32. The highest BCUT2D eigenvalue weighted by atomic mass is 32.2. The predicted octanol–water partition coefficient (Wildman–Crippen LogP) is 1.32. The molecule has 5 nitrogen and oxygen atoms in total. The highest BCUT2D eigenvalue weighted by molar-refractivity contribution is 7.91. The molecule has 0 atom stereocenters. The summed E-state index contributed by atoms with van der Waals surface area (Å²) < 4.78 is 24.2. The largest absolute Gasteiger partial charge is 0.396 e. The van der Waals surface area contributed by atoms with Crippen LogP contribution in [-0.4, -0.2) is 49.8 Å². The number of hydrogen-bond donors (Lipinski definition) is 1. The van der Waals surface area contributed by atoms with Crippen molar-refractivity contribution in [2.75, 3.05) is 25.4 Å². The van der Waals surface area contributed by atoms with Gasteiger partial charge < -0.3 is 10.0 Å². The lowest BCUT2D eigenvalue weighted by Crippen LogP contribution is -2.39. The molecule has 1 aromatic rings. The van der Waals surface area contributed by atoms with Crippen LogP contribution >= 0.6 is 0 Å². The number of nitrogens with zero attached hydrogens (tertiary/aromatic N) is 1. The van der Waals surface area contributed by atoms with E-state index in [0.717, 1.165) is 12.8 Å². The summed E-state index contributed by atoms with van der Waals surface area (Å²) in [6.07, 6.45) is 1.51. The normalized spacial score (nSPS) is 17.0. The second kappa shape index (κ2) is 6.58. The molecule has 0 spiro atoms. The number of amides is 1. The minimum atomic E-state index is -3.42. The van der Waals surface area contributed by atoms with Crippen LogP contribution in [0.5, 0.6) is 0 Å². The molecule has 21 heavy (non-hydrogen) atoms. The van der Waals surface area contributed by atoms with E-state index in [4.69, 9.17) is 5.11 Å². The molecule has 0 unspecified atom stereocenters. The fraction of sp³-hybridized carbons (Fsp3) is 0.533. The lowest BCUT2D eigenvalue weighted by molar-refractivity contribution is 0.0647. The maximum Gasteiger partial charge on any atom is 0.255 e. The average molecular weight is 311 g/mol. The van der Waals surface area contributed by atoms with Crippen LogP contribution in [-0.2, 0) is 9.84 Å². The maximum atomic E-state index is 12.6. The van der Waals surface area contributed by atoms with Gasteiger partial charge in [0.2, 0.25) is 0 Å². The van der Waals surface area contributed by atoms with Crippen molar-refractivity contribution in [3.05, 3.63) is 29.8 Å². The van der Waals surface area contributed by atoms with Gasteiger partial charge in [-0.15, -0.1) is 0 Å². The smallest absolute Gasteiger partial charge is 0.255 e. The molecule has 116 valence electrons. The first-order chi connectivity index (χ1) is 9.99. The monoisotopic (exact) mass is 311 g/mol. The number of aliphatic hydroxyl groups excluding tert-OH is 1. The minimum Gasteiger partial charge on any atom is -0.396 e. The number of carbonyl (C=O) groups is 1. The molecule has 2 rings (SSSR count). The van der Waals surface area contributed by atoms with Gasteiger partial charge in [-0.1, -0.05) is 19.1 Å². The van der Waals surface area contributed by atoms with Crippen molar-refractivity contribution < 1.29 is 18.3 Å². The van der Waals surface area contributed by atoms with Crippen molar-refractivity contribution in [3.8, 4) is 0 Å². The Labute approximate surface area is 125 Å². The lowest BCUT2D eigenvalue weighted by atomic mass is 9.97. The molecule has 1 amide bonds. The molecule has 1 fully saturated rings. The number of piperidine rings is 1. The summed E-state index contributed by atoms with van der Waals surface area (Å²) in [5.74, 6) is -0.0214. The van der Waals surface area contributed by atoms with Crippen LogP contribution in [0.25, 0.3) is 0 Å². The zero-order valence-electron chi connectivity index (χ0n) is 12.2. The van der Waals surface area contributed by atoms with E-state index < -0.39 is 9.84 Å². The third-order valence-electron chi connectivity index (χ3n) is 3.99. The number of likely N-dealkylation sites (tertiary alicyclic amines) is 1.